The van der Waals surface area contributed by atoms with E-state index in [9.17, 15) is 14.7 Å². The minimum Gasteiger partial charge on any atom is -0.479 e. The second kappa shape index (κ2) is 10.7. The molecule has 2 unspecified atom stereocenters. The molecule has 9 heteroatoms. The van der Waals surface area contributed by atoms with Gasteiger partial charge in [0, 0.05) is 20.1 Å². The average molecular weight is 377 g/mol. The van der Waals surface area contributed by atoms with Crippen molar-refractivity contribution in [3.05, 3.63) is 0 Å². The van der Waals surface area contributed by atoms with Gasteiger partial charge in [0.05, 0.1) is 13.2 Å². The molecule has 152 valence electrons. The van der Waals surface area contributed by atoms with E-state index >= 15 is 0 Å². The molecule has 1 rings (SSSR count). The first-order valence-electron chi connectivity index (χ1n) is 8.73. The molecular weight excluding hydrogens is 346 g/mol. The molecule has 0 saturated carbocycles. The number of rotatable bonds is 10. The zero-order valence-electron chi connectivity index (χ0n) is 16.0. The summed E-state index contributed by atoms with van der Waals surface area (Å²) < 4.78 is 26.3. The van der Waals surface area contributed by atoms with Crippen molar-refractivity contribution in [2.24, 2.45) is 0 Å². The van der Waals surface area contributed by atoms with Crippen LogP contribution in [0.4, 0.5) is 4.79 Å². The van der Waals surface area contributed by atoms with E-state index in [4.69, 9.17) is 23.7 Å². The highest BCUT2D eigenvalue weighted by atomic mass is 16.7. The van der Waals surface area contributed by atoms with Gasteiger partial charge in [-0.1, -0.05) is 0 Å². The fourth-order valence-corrected chi connectivity index (χ4v) is 2.40. The van der Waals surface area contributed by atoms with Crippen LogP contribution in [0.3, 0.4) is 0 Å². The summed E-state index contributed by atoms with van der Waals surface area (Å²) in [5, 5.41) is 12.2. The van der Waals surface area contributed by atoms with Gasteiger partial charge < -0.3 is 34.1 Å². The Bertz CT molecular complexity index is 445. The van der Waals surface area contributed by atoms with Crippen LogP contribution in [0.15, 0.2) is 0 Å². The molecule has 9 nitrogen and oxygen atoms in total. The van der Waals surface area contributed by atoms with Gasteiger partial charge >= 0.3 is 12.1 Å². The number of hydrogen-bond acceptors (Lipinski definition) is 7. The van der Waals surface area contributed by atoms with E-state index in [2.05, 4.69) is 5.32 Å². The molecule has 0 radical (unpaired) electrons. The molecule has 1 aliphatic rings. The fourth-order valence-electron chi connectivity index (χ4n) is 2.40. The van der Waals surface area contributed by atoms with Crippen LogP contribution in [0.25, 0.3) is 0 Å². The minimum atomic E-state index is -1.70. The number of hydrogen-bond donors (Lipinski definition) is 2. The molecule has 0 spiro atoms. The molecule has 0 aromatic rings. The van der Waals surface area contributed by atoms with Crippen LogP contribution in [0.5, 0.6) is 0 Å². The van der Waals surface area contributed by atoms with Crippen LogP contribution in [-0.4, -0.2) is 68.3 Å². The van der Waals surface area contributed by atoms with E-state index < -0.39 is 23.2 Å². The highest BCUT2D eigenvalue weighted by Crippen LogP contribution is 2.18. The molecule has 1 saturated heterocycles. The molecule has 0 bridgehead atoms. The summed E-state index contributed by atoms with van der Waals surface area (Å²) in [6, 6.07) is 0. The number of carbonyl (C=O) groups is 2. The standard InChI is InChI=1S/C17H31NO8/c1-16(2,3)26-15(21)18-17(14(19)20,11-23-12-22-4)8-10-25-13-7-5-6-9-24-13/h13H,5-12H2,1-4H3,(H,18,21)(H,19,20). The smallest absolute Gasteiger partial charge is 0.408 e. The number of amides is 1. The Hall–Kier alpha value is -1.42. The van der Waals surface area contributed by atoms with Crippen molar-refractivity contribution in [3.63, 3.8) is 0 Å². The SMILES string of the molecule is COCOCC(CCOC1CCCCO1)(NC(=O)OC(C)(C)C)C(=O)O. The van der Waals surface area contributed by atoms with Gasteiger partial charge in [0.2, 0.25) is 0 Å². The zero-order chi connectivity index (χ0) is 19.6. The summed E-state index contributed by atoms with van der Waals surface area (Å²) in [7, 11) is 1.42. The first-order valence-corrected chi connectivity index (χ1v) is 8.73. The van der Waals surface area contributed by atoms with Gasteiger partial charge in [-0.3, -0.25) is 0 Å². The van der Waals surface area contributed by atoms with Crippen LogP contribution in [0, 0.1) is 0 Å². The summed E-state index contributed by atoms with van der Waals surface area (Å²) >= 11 is 0. The summed E-state index contributed by atoms with van der Waals surface area (Å²) in [5.74, 6) is -1.24. The predicted octanol–water partition coefficient (Wildman–Crippen LogP) is 1.89. The summed E-state index contributed by atoms with van der Waals surface area (Å²) in [6.07, 6.45) is 1.56. The molecule has 0 aromatic carbocycles. The second-order valence-electron chi connectivity index (χ2n) is 7.19. The van der Waals surface area contributed by atoms with Gasteiger partial charge in [-0.05, 0) is 40.0 Å². The van der Waals surface area contributed by atoms with E-state index in [-0.39, 0.29) is 32.7 Å². The Kier molecular flexibility index (Phi) is 9.28. The van der Waals surface area contributed by atoms with E-state index in [0.717, 1.165) is 19.3 Å². The van der Waals surface area contributed by atoms with Gasteiger partial charge in [-0.15, -0.1) is 0 Å². The van der Waals surface area contributed by atoms with Gasteiger partial charge in [0.25, 0.3) is 0 Å². The maximum absolute atomic E-state index is 12.1. The summed E-state index contributed by atoms with van der Waals surface area (Å²) in [4.78, 5) is 24.0. The molecular formula is C17H31NO8. The lowest BCUT2D eigenvalue weighted by molar-refractivity contribution is -0.171. The van der Waals surface area contributed by atoms with E-state index in [1.165, 1.54) is 7.11 Å². The number of aliphatic carboxylic acids is 1. The molecule has 0 aromatic heterocycles. The monoisotopic (exact) mass is 377 g/mol. The molecule has 2 atom stereocenters. The lowest BCUT2D eigenvalue weighted by Crippen LogP contribution is -2.59. The summed E-state index contributed by atoms with van der Waals surface area (Å²) in [6.45, 7) is 5.41. The number of nitrogens with one attached hydrogen (secondary N) is 1. The number of carbonyl (C=O) groups excluding carboxylic acids is 1. The topological polar surface area (TPSA) is 113 Å². The second-order valence-corrected chi connectivity index (χ2v) is 7.19. The van der Waals surface area contributed by atoms with E-state index in [1.54, 1.807) is 20.8 Å². The minimum absolute atomic E-state index is 0.00878. The quantitative estimate of drug-likeness (QED) is 0.438. The third kappa shape index (κ3) is 8.31. The van der Waals surface area contributed by atoms with E-state index in [0.29, 0.717) is 6.61 Å². The van der Waals surface area contributed by atoms with Gasteiger partial charge in [0.15, 0.2) is 11.8 Å². The Labute approximate surface area is 154 Å². The Balaban J connectivity index is 2.72. The Morgan fingerprint density at radius 3 is 2.54 bits per heavy atom. The molecule has 1 heterocycles. The molecule has 0 aliphatic carbocycles. The first-order chi connectivity index (χ1) is 12.2. The predicted molar refractivity (Wildman–Crippen MR) is 91.7 cm³/mol. The third-order valence-corrected chi connectivity index (χ3v) is 3.67. The average Bonchev–Trinajstić information content (AvgIpc) is 2.53. The highest BCUT2D eigenvalue weighted by molar-refractivity contribution is 5.84. The Morgan fingerprint density at radius 2 is 2.00 bits per heavy atom. The van der Waals surface area contributed by atoms with Crippen LogP contribution in [0.2, 0.25) is 0 Å². The van der Waals surface area contributed by atoms with Crippen LogP contribution < -0.4 is 5.32 Å². The van der Waals surface area contributed by atoms with Crippen molar-refractivity contribution >= 4 is 12.1 Å². The van der Waals surface area contributed by atoms with Crippen LogP contribution in [-0.2, 0) is 28.5 Å². The normalized spacial score (nSPS) is 20.2. The van der Waals surface area contributed by atoms with Crippen molar-refractivity contribution in [2.75, 3.05) is 33.7 Å². The van der Waals surface area contributed by atoms with Gasteiger partial charge in [-0.25, -0.2) is 9.59 Å². The number of ether oxygens (including phenoxy) is 5. The van der Waals surface area contributed by atoms with Crippen molar-refractivity contribution in [1.29, 1.82) is 0 Å². The van der Waals surface area contributed by atoms with Gasteiger partial charge in [0.1, 0.15) is 12.4 Å². The number of alkyl carbamates (subject to hydrolysis) is 1. The maximum Gasteiger partial charge on any atom is 0.408 e. The number of carboxylic acids is 1. The Morgan fingerprint density at radius 1 is 1.27 bits per heavy atom. The lowest BCUT2D eigenvalue weighted by atomic mass is 9.97. The van der Waals surface area contributed by atoms with Crippen molar-refractivity contribution in [2.45, 2.75) is 63.9 Å². The third-order valence-electron chi connectivity index (χ3n) is 3.67. The number of methoxy groups -OCH3 is 1. The molecule has 26 heavy (non-hydrogen) atoms. The van der Waals surface area contributed by atoms with Crippen molar-refractivity contribution in [3.8, 4) is 0 Å². The largest absolute Gasteiger partial charge is 0.479 e. The van der Waals surface area contributed by atoms with Crippen LogP contribution >= 0.6 is 0 Å². The molecule has 2 N–H and O–H groups in total. The molecule has 1 fully saturated rings. The molecule has 1 amide bonds. The van der Waals surface area contributed by atoms with Crippen LogP contribution in [0.1, 0.15) is 46.5 Å². The molecule has 1 aliphatic heterocycles. The lowest BCUT2D eigenvalue weighted by Gasteiger charge is -2.32. The zero-order valence-corrected chi connectivity index (χ0v) is 16.0. The van der Waals surface area contributed by atoms with E-state index in [1.807, 2.05) is 0 Å². The highest BCUT2D eigenvalue weighted by Gasteiger charge is 2.42. The summed E-state index contributed by atoms with van der Waals surface area (Å²) in [5.41, 5.74) is -2.45. The first kappa shape index (κ1) is 22.6. The number of carboxylic acid groups (broad SMARTS) is 1. The van der Waals surface area contributed by atoms with Crippen molar-refractivity contribution < 1.29 is 38.4 Å². The van der Waals surface area contributed by atoms with Crippen molar-refractivity contribution in [1.82, 2.24) is 5.32 Å². The fraction of sp³-hybridized carbons (Fsp3) is 0.882. The van der Waals surface area contributed by atoms with Gasteiger partial charge in [-0.2, -0.15) is 0 Å². The maximum atomic E-state index is 12.1.